The molecule has 1 aromatic heterocycles. The predicted molar refractivity (Wildman–Crippen MR) is 86.2 cm³/mol. The van der Waals surface area contributed by atoms with Crippen molar-refractivity contribution in [3.63, 3.8) is 0 Å². The van der Waals surface area contributed by atoms with Crippen LogP contribution in [-0.4, -0.2) is 52.6 Å². The number of nitrogens with zero attached hydrogens (tertiary/aromatic N) is 3. The lowest BCUT2D eigenvalue weighted by Gasteiger charge is -2.48. The highest BCUT2D eigenvalue weighted by molar-refractivity contribution is 6.62. The van der Waals surface area contributed by atoms with E-state index in [1.165, 1.54) is 38.9 Å². The molecule has 4 aliphatic rings. The van der Waals surface area contributed by atoms with Gasteiger partial charge in [-0.25, -0.2) is 0 Å². The monoisotopic (exact) mass is 303 g/mol. The Balaban J connectivity index is 1.58. The number of aromatic nitrogens is 2. The number of piperidine rings is 3. The zero-order valence-corrected chi connectivity index (χ0v) is 14.1. The SMILES string of the molecule is CC1(C)OB(c2cnn(C34CCN(CC3)CC4)c2)OC1(C)C. The average Bonchev–Trinajstić information content (AvgIpc) is 3.05. The normalized spacial score (nSPS) is 36.0. The summed E-state index contributed by atoms with van der Waals surface area (Å²) in [5, 5.41) is 4.69. The van der Waals surface area contributed by atoms with Crippen LogP contribution in [0, 0.1) is 0 Å². The fourth-order valence-electron chi connectivity index (χ4n) is 3.85. The lowest BCUT2D eigenvalue weighted by Crippen LogP contribution is -2.53. The third kappa shape index (κ3) is 2.08. The highest BCUT2D eigenvalue weighted by Crippen LogP contribution is 2.39. The van der Waals surface area contributed by atoms with E-state index in [0.29, 0.717) is 0 Å². The fraction of sp³-hybridized carbons (Fsp3) is 0.812. The topological polar surface area (TPSA) is 39.5 Å². The molecule has 22 heavy (non-hydrogen) atoms. The Morgan fingerprint density at radius 1 is 1.00 bits per heavy atom. The molecule has 0 unspecified atom stereocenters. The maximum Gasteiger partial charge on any atom is 0.498 e. The summed E-state index contributed by atoms with van der Waals surface area (Å²) in [5.74, 6) is 0. The molecule has 4 aliphatic heterocycles. The lowest BCUT2D eigenvalue weighted by atomic mass is 9.79. The molecule has 0 spiro atoms. The Bertz CT molecular complexity index is 546. The summed E-state index contributed by atoms with van der Waals surface area (Å²) in [4.78, 5) is 2.56. The van der Waals surface area contributed by atoms with E-state index in [-0.39, 0.29) is 23.9 Å². The molecular formula is C16H26BN3O2. The van der Waals surface area contributed by atoms with E-state index < -0.39 is 0 Å². The van der Waals surface area contributed by atoms with Crippen molar-refractivity contribution < 1.29 is 9.31 Å². The van der Waals surface area contributed by atoms with Crippen molar-refractivity contribution in [3.05, 3.63) is 12.4 Å². The van der Waals surface area contributed by atoms with Crippen LogP contribution in [0.15, 0.2) is 12.4 Å². The van der Waals surface area contributed by atoms with Crippen LogP contribution in [0.5, 0.6) is 0 Å². The average molecular weight is 303 g/mol. The number of hydrogen-bond acceptors (Lipinski definition) is 4. The van der Waals surface area contributed by atoms with Crippen LogP contribution in [0.3, 0.4) is 0 Å². The van der Waals surface area contributed by atoms with Gasteiger partial charge in [0.2, 0.25) is 0 Å². The molecule has 0 aliphatic carbocycles. The van der Waals surface area contributed by atoms with Crippen molar-refractivity contribution in [2.45, 2.75) is 63.7 Å². The summed E-state index contributed by atoms with van der Waals surface area (Å²) in [6, 6.07) is 0. The zero-order valence-electron chi connectivity index (χ0n) is 14.1. The first-order chi connectivity index (χ1) is 10.3. The second-order valence-corrected chi connectivity index (χ2v) is 8.12. The van der Waals surface area contributed by atoms with Crippen molar-refractivity contribution in [1.82, 2.24) is 14.7 Å². The quantitative estimate of drug-likeness (QED) is 0.774. The molecule has 2 bridgehead atoms. The van der Waals surface area contributed by atoms with Gasteiger partial charge in [0.25, 0.3) is 0 Å². The van der Waals surface area contributed by atoms with Gasteiger partial charge >= 0.3 is 7.12 Å². The molecule has 0 N–H and O–H groups in total. The van der Waals surface area contributed by atoms with Crippen molar-refractivity contribution in [2.75, 3.05) is 19.6 Å². The van der Waals surface area contributed by atoms with Crippen LogP contribution in [0.2, 0.25) is 0 Å². The van der Waals surface area contributed by atoms with Gasteiger partial charge in [0.15, 0.2) is 0 Å². The van der Waals surface area contributed by atoms with Crippen molar-refractivity contribution >= 4 is 12.6 Å². The van der Waals surface area contributed by atoms with E-state index in [2.05, 4.69) is 48.6 Å². The Hall–Kier alpha value is -0.845. The van der Waals surface area contributed by atoms with E-state index in [9.17, 15) is 0 Å². The smallest absolute Gasteiger partial charge is 0.399 e. The highest BCUT2D eigenvalue weighted by atomic mass is 16.7. The third-order valence-corrected chi connectivity index (χ3v) is 6.29. The van der Waals surface area contributed by atoms with Crippen LogP contribution in [0.25, 0.3) is 0 Å². The molecule has 0 radical (unpaired) electrons. The Labute approximate surface area is 133 Å². The van der Waals surface area contributed by atoms with E-state index in [1.54, 1.807) is 0 Å². The predicted octanol–water partition coefficient (Wildman–Crippen LogP) is 1.38. The van der Waals surface area contributed by atoms with Crippen LogP contribution in [-0.2, 0) is 14.8 Å². The maximum atomic E-state index is 6.14. The lowest BCUT2D eigenvalue weighted by molar-refractivity contribution is 0.00578. The summed E-state index contributed by atoms with van der Waals surface area (Å²) in [6.45, 7) is 12.0. The summed E-state index contributed by atoms with van der Waals surface area (Å²) in [5.41, 5.74) is 0.667. The van der Waals surface area contributed by atoms with Crippen LogP contribution >= 0.6 is 0 Å². The molecule has 4 saturated heterocycles. The minimum absolute atomic E-state index is 0.219. The molecule has 6 heteroatoms. The van der Waals surface area contributed by atoms with Crippen LogP contribution in [0.4, 0.5) is 0 Å². The molecule has 4 fully saturated rings. The van der Waals surface area contributed by atoms with Gasteiger partial charge in [-0.1, -0.05) is 0 Å². The molecule has 0 atom stereocenters. The van der Waals surface area contributed by atoms with E-state index >= 15 is 0 Å². The van der Waals surface area contributed by atoms with Crippen LogP contribution in [0.1, 0.15) is 47.0 Å². The minimum Gasteiger partial charge on any atom is -0.399 e. The molecule has 5 rings (SSSR count). The first kappa shape index (κ1) is 14.7. The summed E-state index contributed by atoms with van der Waals surface area (Å²) >= 11 is 0. The van der Waals surface area contributed by atoms with Crippen molar-refractivity contribution in [2.24, 2.45) is 0 Å². The van der Waals surface area contributed by atoms with Gasteiger partial charge in [-0.05, 0) is 47.0 Å². The van der Waals surface area contributed by atoms with Gasteiger partial charge in [-0.3, -0.25) is 4.68 Å². The van der Waals surface area contributed by atoms with E-state index in [1.807, 2.05) is 6.20 Å². The molecule has 1 aromatic rings. The number of fused-ring (bicyclic) bond motifs is 3. The first-order valence-corrected chi connectivity index (χ1v) is 8.45. The van der Waals surface area contributed by atoms with E-state index in [0.717, 1.165) is 5.46 Å². The number of rotatable bonds is 2. The number of hydrogen-bond donors (Lipinski definition) is 0. The second kappa shape index (κ2) is 4.59. The summed E-state index contributed by atoms with van der Waals surface area (Å²) in [6.07, 6.45) is 7.70. The van der Waals surface area contributed by atoms with Gasteiger partial charge < -0.3 is 14.2 Å². The van der Waals surface area contributed by atoms with Gasteiger partial charge in [0, 0.05) is 37.5 Å². The third-order valence-electron chi connectivity index (χ3n) is 6.29. The van der Waals surface area contributed by atoms with Crippen LogP contribution < -0.4 is 5.46 Å². The molecule has 0 amide bonds. The Kier molecular flexibility index (Phi) is 3.07. The molecule has 120 valence electrons. The largest absolute Gasteiger partial charge is 0.498 e. The zero-order chi connectivity index (χ0) is 15.6. The first-order valence-electron chi connectivity index (χ1n) is 8.45. The maximum absolute atomic E-state index is 6.14. The van der Waals surface area contributed by atoms with E-state index in [4.69, 9.17) is 9.31 Å². The van der Waals surface area contributed by atoms with Gasteiger partial charge in [0.1, 0.15) is 0 Å². The minimum atomic E-state index is -0.307. The summed E-state index contributed by atoms with van der Waals surface area (Å²) < 4.78 is 14.5. The molecule has 5 nitrogen and oxygen atoms in total. The van der Waals surface area contributed by atoms with Gasteiger partial charge in [0.05, 0.1) is 16.7 Å². The molecular weight excluding hydrogens is 277 g/mol. The standard InChI is InChI=1S/C16H26BN3O2/c1-14(2)15(3,4)22-17(21-14)13-11-18-20(12-13)16-5-8-19(9-6-16)10-7-16/h11-12H,5-10H2,1-4H3. The van der Waals surface area contributed by atoms with Gasteiger partial charge in [-0.15, -0.1) is 0 Å². The molecule has 0 aromatic carbocycles. The highest BCUT2D eigenvalue weighted by Gasteiger charge is 2.52. The van der Waals surface area contributed by atoms with Gasteiger partial charge in [-0.2, -0.15) is 5.10 Å². The fourth-order valence-corrected chi connectivity index (χ4v) is 3.85. The van der Waals surface area contributed by atoms with Crippen molar-refractivity contribution in [1.29, 1.82) is 0 Å². The second-order valence-electron chi connectivity index (χ2n) is 8.12. The Morgan fingerprint density at radius 2 is 1.55 bits per heavy atom. The summed E-state index contributed by atoms with van der Waals surface area (Å²) in [7, 11) is -0.307. The Morgan fingerprint density at radius 3 is 2.09 bits per heavy atom. The molecule has 5 heterocycles. The van der Waals surface area contributed by atoms with Crippen molar-refractivity contribution in [3.8, 4) is 0 Å². The molecule has 0 saturated carbocycles.